The van der Waals surface area contributed by atoms with Gasteiger partial charge in [0.15, 0.2) is 0 Å². The van der Waals surface area contributed by atoms with Gasteiger partial charge in [-0.25, -0.2) is 0 Å². The van der Waals surface area contributed by atoms with Gasteiger partial charge in [0, 0.05) is 42.5 Å². The highest BCUT2D eigenvalue weighted by molar-refractivity contribution is 5.92. The Bertz CT molecular complexity index is 975. The van der Waals surface area contributed by atoms with Crippen molar-refractivity contribution in [3.05, 3.63) is 55.0 Å². The maximum absolute atomic E-state index is 5.41. The van der Waals surface area contributed by atoms with Gasteiger partial charge in [-0.2, -0.15) is 5.10 Å². The molecule has 1 fully saturated rings. The van der Waals surface area contributed by atoms with Gasteiger partial charge in [-0.05, 0) is 36.6 Å². The standard InChI is InChI=1S/C22H23N5/c1-3-11-27-12-8-19(9-13-27)24-16(2)22-20-14-17(6-7-21(20)25-26-22)18-5-4-10-23-15-18/h1,4-7,10,14-15,19,24H,2,8-9,11-13H2,(H,25,26). The number of aromatic amines is 1. The average Bonchev–Trinajstić information content (AvgIpc) is 3.14. The first-order valence-electron chi connectivity index (χ1n) is 9.25. The van der Waals surface area contributed by atoms with E-state index in [0.29, 0.717) is 6.04 Å². The topological polar surface area (TPSA) is 56.8 Å². The van der Waals surface area contributed by atoms with Crippen LogP contribution in [0.4, 0.5) is 0 Å². The molecule has 1 aliphatic rings. The molecule has 2 N–H and O–H groups in total. The Morgan fingerprint density at radius 3 is 2.89 bits per heavy atom. The van der Waals surface area contributed by atoms with Crippen molar-refractivity contribution in [3.63, 3.8) is 0 Å². The molecule has 0 bridgehead atoms. The van der Waals surface area contributed by atoms with E-state index in [-0.39, 0.29) is 0 Å². The SMILES string of the molecule is C#CCN1CCC(NC(=C)c2n[nH]c3ccc(-c4cccnc4)cc23)CC1. The largest absolute Gasteiger partial charge is 0.381 e. The van der Waals surface area contributed by atoms with Crippen LogP contribution in [0.5, 0.6) is 0 Å². The van der Waals surface area contributed by atoms with Crippen LogP contribution in [0.15, 0.2) is 49.3 Å². The van der Waals surface area contributed by atoms with Crippen LogP contribution >= 0.6 is 0 Å². The summed E-state index contributed by atoms with van der Waals surface area (Å²) in [5, 5.41) is 12.2. The number of terminal acetylenes is 1. The molecule has 2 aromatic heterocycles. The Kier molecular flexibility index (Phi) is 4.91. The first kappa shape index (κ1) is 17.3. The Hall–Kier alpha value is -3.10. The van der Waals surface area contributed by atoms with Crippen LogP contribution < -0.4 is 5.32 Å². The smallest absolute Gasteiger partial charge is 0.115 e. The number of rotatable bonds is 5. The third-order valence-electron chi connectivity index (χ3n) is 5.12. The summed E-state index contributed by atoms with van der Waals surface area (Å²) in [6.45, 7) is 7.01. The second-order valence-corrected chi connectivity index (χ2v) is 6.95. The molecule has 0 amide bonds. The highest BCUT2D eigenvalue weighted by Crippen LogP contribution is 2.27. The van der Waals surface area contributed by atoms with Gasteiger partial charge in [0.1, 0.15) is 5.69 Å². The van der Waals surface area contributed by atoms with Crippen molar-refractivity contribution < 1.29 is 0 Å². The molecule has 27 heavy (non-hydrogen) atoms. The molecule has 0 spiro atoms. The number of aromatic nitrogens is 3. The van der Waals surface area contributed by atoms with E-state index in [0.717, 1.165) is 65.9 Å². The van der Waals surface area contributed by atoms with E-state index >= 15 is 0 Å². The molecule has 0 radical (unpaired) electrons. The first-order chi connectivity index (χ1) is 13.2. The van der Waals surface area contributed by atoms with Gasteiger partial charge in [0.05, 0.1) is 17.8 Å². The number of piperidine rings is 1. The molecule has 1 aromatic carbocycles. The molecule has 0 saturated carbocycles. The first-order valence-corrected chi connectivity index (χ1v) is 9.25. The van der Waals surface area contributed by atoms with Crippen molar-refractivity contribution in [2.45, 2.75) is 18.9 Å². The Balaban J connectivity index is 1.52. The summed E-state index contributed by atoms with van der Waals surface area (Å²) in [5.74, 6) is 2.72. The van der Waals surface area contributed by atoms with Crippen LogP contribution in [0.2, 0.25) is 0 Å². The van der Waals surface area contributed by atoms with Gasteiger partial charge in [-0.3, -0.25) is 15.0 Å². The minimum Gasteiger partial charge on any atom is -0.381 e. The van der Waals surface area contributed by atoms with Gasteiger partial charge in [0.2, 0.25) is 0 Å². The lowest BCUT2D eigenvalue weighted by atomic mass is 10.0. The lowest BCUT2D eigenvalue weighted by Crippen LogP contribution is -2.41. The summed E-state index contributed by atoms with van der Waals surface area (Å²) in [6, 6.07) is 10.7. The highest BCUT2D eigenvalue weighted by Gasteiger charge is 2.20. The van der Waals surface area contributed by atoms with Gasteiger partial charge < -0.3 is 5.32 Å². The summed E-state index contributed by atoms with van der Waals surface area (Å²) < 4.78 is 0. The zero-order valence-electron chi connectivity index (χ0n) is 15.3. The third-order valence-corrected chi connectivity index (χ3v) is 5.12. The fourth-order valence-electron chi connectivity index (χ4n) is 3.64. The molecule has 0 aliphatic carbocycles. The van der Waals surface area contributed by atoms with Crippen LogP contribution in [0, 0.1) is 12.3 Å². The summed E-state index contributed by atoms with van der Waals surface area (Å²) in [5.41, 5.74) is 4.95. The minimum atomic E-state index is 0.403. The van der Waals surface area contributed by atoms with Crippen LogP contribution in [0.1, 0.15) is 18.5 Å². The van der Waals surface area contributed by atoms with Crippen molar-refractivity contribution in [1.29, 1.82) is 0 Å². The Morgan fingerprint density at radius 1 is 1.30 bits per heavy atom. The van der Waals surface area contributed by atoms with E-state index in [2.05, 4.69) is 62.2 Å². The van der Waals surface area contributed by atoms with E-state index in [9.17, 15) is 0 Å². The molecular formula is C22H23N5. The summed E-state index contributed by atoms with van der Waals surface area (Å²) in [7, 11) is 0. The second kappa shape index (κ2) is 7.65. The number of likely N-dealkylation sites (tertiary alicyclic amines) is 1. The van der Waals surface area contributed by atoms with E-state index in [1.165, 1.54) is 0 Å². The number of benzene rings is 1. The Labute approximate surface area is 159 Å². The van der Waals surface area contributed by atoms with Gasteiger partial charge in [-0.1, -0.05) is 24.6 Å². The molecular weight excluding hydrogens is 334 g/mol. The number of hydrogen-bond acceptors (Lipinski definition) is 4. The molecule has 136 valence electrons. The van der Waals surface area contributed by atoms with Crippen LogP contribution in [-0.4, -0.2) is 45.8 Å². The van der Waals surface area contributed by atoms with Crippen molar-refractivity contribution in [2.75, 3.05) is 19.6 Å². The normalized spacial score (nSPS) is 15.5. The molecule has 0 unspecified atom stereocenters. The monoisotopic (exact) mass is 357 g/mol. The quantitative estimate of drug-likeness (QED) is 0.688. The van der Waals surface area contributed by atoms with Gasteiger partial charge >= 0.3 is 0 Å². The second-order valence-electron chi connectivity index (χ2n) is 6.95. The van der Waals surface area contributed by atoms with Crippen LogP contribution in [-0.2, 0) is 0 Å². The predicted octanol–water partition coefficient (Wildman–Crippen LogP) is 3.28. The van der Waals surface area contributed by atoms with Crippen molar-refractivity contribution in [3.8, 4) is 23.5 Å². The summed E-state index contributed by atoms with van der Waals surface area (Å²) >= 11 is 0. The van der Waals surface area contributed by atoms with Gasteiger partial charge in [-0.15, -0.1) is 6.42 Å². The molecule has 5 nitrogen and oxygen atoms in total. The number of pyridine rings is 1. The Morgan fingerprint density at radius 2 is 2.15 bits per heavy atom. The number of nitrogens with zero attached hydrogens (tertiary/aromatic N) is 3. The third kappa shape index (κ3) is 3.71. The molecule has 1 saturated heterocycles. The lowest BCUT2D eigenvalue weighted by molar-refractivity contribution is 0.227. The average molecular weight is 357 g/mol. The zero-order valence-corrected chi connectivity index (χ0v) is 15.3. The predicted molar refractivity (Wildman–Crippen MR) is 110 cm³/mol. The van der Waals surface area contributed by atoms with E-state index in [1.807, 2.05) is 12.3 Å². The molecule has 4 rings (SSSR count). The van der Waals surface area contributed by atoms with E-state index < -0.39 is 0 Å². The molecule has 5 heteroatoms. The fourth-order valence-corrected chi connectivity index (χ4v) is 3.64. The molecule has 3 heterocycles. The number of nitrogens with one attached hydrogen (secondary N) is 2. The van der Waals surface area contributed by atoms with Crippen LogP contribution in [0.25, 0.3) is 27.7 Å². The number of hydrogen-bond donors (Lipinski definition) is 2. The molecule has 3 aromatic rings. The van der Waals surface area contributed by atoms with Crippen LogP contribution in [0.3, 0.4) is 0 Å². The van der Waals surface area contributed by atoms with Gasteiger partial charge in [0.25, 0.3) is 0 Å². The molecule has 0 atom stereocenters. The van der Waals surface area contributed by atoms with Crippen molar-refractivity contribution in [1.82, 2.24) is 25.4 Å². The maximum Gasteiger partial charge on any atom is 0.115 e. The minimum absolute atomic E-state index is 0.403. The van der Waals surface area contributed by atoms with Crippen molar-refractivity contribution in [2.24, 2.45) is 0 Å². The maximum atomic E-state index is 5.41. The lowest BCUT2D eigenvalue weighted by Gasteiger charge is -2.31. The fraction of sp³-hybridized carbons (Fsp3) is 0.273. The van der Waals surface area contributed by atoms with E-state index in [4.69, 9.17) is 6.42 Å². The summed E-state index contributed by atoms with van der Waals surface area (Å²) in [6.07, 6.45) is 11.2. The number of fused-ring (bicyclic) bond motifs is 1. The highest BCUT2D eigenvalue weighted by atomic mass is 15.2. The number of H-pyrrole nitrogens is 1. The van der Waals surface area contributed by atoms with Crippen molar-refractivity contribution >= 4 is 16.6 Å². The molecule has 1 aliphatic heterocycles. The van der Waals surface area contributed by atoms with E-state index in [1.54, 1.807) is 6.20 Å². The summed E-state index contributed by atoms with van der Waals surface area (Å²) in [4.78, 5) is 6.52. The zero-order chi connectivity index (χ0) is 18.6.